The lowest BCUT2D eigenvalue weighted by atomic mass is 10.2. The van der Waals surface area contributed by atoms with Gasteiger partial charge in [0, 0.05) is 12.2 Å². The van der Waals surface area contributed by atoms with Crippen molar-refractivity contribution < 1.29 is 5.11 Å². The van der Waals surface area contributed by atoms with E-state index in [2.05, 4.69) is 19.3 Å². The van der Waals surface area contributed by atoms with Crippen LogP contribution in [0.4, 0.5) is 0 Å². The molecule has 0 aromatic rings. The second-order valence-electron chi connectivity index (χ2n) is 3.16. The van der Waals surface area contributed by atoms with Crippen molar-refractivity contribution in [3.8, 4) is 0 Å². The number of hydrazine groups is 1. The van der Waals surface area contributed by atoms with Crippen LogP contribution in [0.3, 0.4) is 0 Å². The van der Waals surface area contributed by atoms with Crippen LogP contribution in [-0.2, 0) is 0 Å². The molecule has 1 aliphatic rings. The maximum Gasteiger partial charge on any atom is 0.0651 e. The van der Waals surface area contributed by atoms with Crippen molar-refractivity contribution in [3.63, 3.8) is 0 Å². The smallest absolute Gasteiger partial charge is 0.0651 e. The fourth-order valence-corrected chi connectivity index (χ4v) is 1.04. The first kappa shape index (κ1) is 12.5. The zero-order chi connectivity index (χ0) is 10.4. The Morgan fingerprint density at radius 3 is 2.46 bits per heavy atom. The highest BCUT2D eigenvalue weighted by Gasteiger charge is 2.19. The van der Waals surface area contributed by atoms with Gasteiger partial charge in [-0.2, -0.15) is 0 Å². The van der Waals surface area contributed by atoms with Crippen LogP contribution in [0.25, 0.3) is 0 Å². The summed E-state index contributed by atoms with van der Waals surface area (Å²) in [6.07, 6.45) is 2.05. The van der Waals surface area contributed by atoms with Crippen LogP contribution < -0.4 is 5.43 Å². The van der Waals surface area contributed by atoms with Gasteiger partial charge in [-0.3, -0.25) is 0 Å². The molecule has 2 atom stereocenters. The highest BCUT2D eigenvalue weighted by molar-refractivity contribution is 5.10. The molecule has 0 bridgehead atoms. The Morgan fingerprint density at radius 2 is 2.15 bits per heavy atom. The summed E-state index contributed by atoms with van der Waals surface area (Å²) in [5.41, 5.74) is 4.55. The van der Waals surface area contributed by atoms with Gasteiger partial charge in [0.2, 0.25) is 0 Å². The van der Waals surface area contributed by atoms with Crippen molar-refractivity contribution in [1.29, 1.82) is 0 Å². The lowest BCUT2D eigenvalue weighted by molar-refractivity contribution is 0.139. The SMILES string of the molecule is CC.CC1=CN(C(C)CO)NC1C. The lowest BCUT2D eigenvalue weighted by Crippen LogP contribution is -2.41. The minimum absolute atomic E-state index is 0.162. The predicted octanol–water partition coefficient (Wildman–Crippen LogP) is 1.51. The average molecular weight is 186 g/mol. The fourth-order valence-electron chi connectivity index (χ4n) is 1.04. The van der Waals surface area contributed by atoms with Gasteiger partial charge >= 0.3 is 0 Å². The first-order chi connectivity index (χ1) is 6.15. The molecule has 0 saturated heterocycles. The van der Waals surface area contributed by atoms with Crippen LogP contribution in [0.2, 0.25) is 0 Å². The van der Waals surface area contributed by atoms with Gasteiger partial charge in [0.1, 0.15) is 0 Å². The van der Waals surface area contributed by atoms with Gasteiger partial charge in [-0.1, -0.05) is 13.8 Å². The molecule has 0 fully saturated rings. The Hall–Kier alpha value is -0.540. The largest absolute Gasteiger partial charge is 0.394 e. The van der Waals surface area contributed by atoms with E-state index in [1.165, 1.54) is 5.57 Å². The molecule has 0 spiro atoms. The Bertz CT molecular complexity index is 168. The van der Waals surface area contributed by atoms with Crippen molar-refractivity contribution in [2.45, 2.75) is 46.7 Å². The number of rotatable bonds is 2. The standard InChI is InChI=1S/C8H16N2O.C2H6/c1-6-4-10(7(2)5-11)9-8(6)3;1-2/h4,7-9,11H,5H2,1-3H3;1-2H3. The maximum absolute atomic E-state index is 8.86. The number of hydrogen-bond donors (Lipinski definition) is 2. The third-order valence-electron chi connectivity index (χ3n) is 2.11. The Kier molecular flexibility index (Phi) is 5.75. The predicted molar refractivity (Wildman–Crippen MR) is 56.1 cm³/mol. The molecule has 0 radical (unpaired) electrons. The molecule has 2 unspecified atom stereocenters. The van der Waals surface area contributed by atoms with E-state index in [1.807, 2.05) is 32.0 Å². The van der Waals surface area contributed by atoms with Gasteiger partial charge < -0.3 is 10.1 Å². The molecule has 1 rings (SSSR count). The number of nitrogens with one attached hydrogen (secondary N) is 1. The van der Waals surface area contributed by atoms with Gasteiger partial charge in [0.05, 0.1) is 12.6 Å². The third-order valence-corrected chi connectivity index (χ3v) is 2.11. The molecule has 1 aliphatic heterocycles. The molecule has 0 saturated carbocycles. The second kappa shape index (κ2) is 6.00. The molecule has 0 aliphatic carbocycles. The van der Waals surface area contributed by atoms with E-state index >= 15 is 0 Å². The van der Waals surface area contributed by atoms with E-state index in [-0.39, 0.29) is 12.6 Å². The van der Waals surface area contributed by atoms with Crippen molar-refractivity contribution in [2.24, 2.45) is 0 Å². The maximum atomic E-state index is 8.86. The molecular weight excluding hydrogens is 164 g/mol. The van der Waals surface area contributed by atoms with Crippen molar-refractivity contribution in [3.05, 3.63) is 11.8 Å². The molecule has 0 aromatic heterocycles. The average Bonchev–Trinajstić information content (AvgIpc) is 2.49. The summed E-state index contributed by atoms with van der Waals surface area (Å²) in [7, 11) is 0. The highest BCUT2D eigenvalue weighted by Crippen LogP contribution is 2.12. The van der Waals surface area contributed by atoms with Crippen LogP contribution >= 0.6 is 0 Å². The zero-order valence-corrected chi connectivity index (χ0v) is 9.33. The topological polar surface area (TPSA) is 35.5 Å². The van der Waals surface area contributed by atoms with E-state index < -0.39 is 0 Å². The van der Waals surface area contributed by atoms with Crippen LogP contribution in [-0.4, -0.2) is 28.8 Å². The van der Waals surface area contributed by atoms with Gasteiger partial charge in [-0.25, -0.2) is 5.43 Å². The van der Waals surface area contributed by atoms with Gasteiger partial charge in [0.15, 0.2) is 0 Å². The molecule has 78 valence electrons. The summed E-state index contributed by atoms with van der Waals surface area (Å²) in [5.74, 6) is 0. The first-order valence-corrected chi connectivity index (χ1v) is 4.99. The van der Waals surface area contributed by atoms with E-state index in [1.54, 1.807) is 0 Å². The minimum atomic E-state index is 0.162. The number of aliphatic hydroxyl groups excluding tert-OH is 1. The summed E-state index contributed by atoms with van der Waals surface area (Å²) >= 11 is 0. The molecule has 0 amide bonds. The van der Waals surface area contributed by atoms with Crippen molar-refractivity contribution in [2.75, 3.05) is 6.61 Å². The van der Waals surface area contributed by atoms with E-state index in [9.17, 15) is 0 Å². The fraction of sp³-hybridized carbons (Fsp3) is 0.800. The second-order valence-corrected chi connectivity index (χ2v) is 3.16. The van der Waals surface area contributed by atoms with Gasteiger partial charge in [0.25, 0.3) is 0 Å². The molecule has 3 heteroatoms. The Morgan fingerprint density at radius 1 is 1.62 bits per heavy atom. The minimum Gasteiger partial charge on any atom is -0.394 e. The van der Waals surface area contributed by atoms with Gasteiger partial charge in [-0.05, 0) is 26.3 Å². The van der Waals surface area contributed by atoms with Gasteiger partial charge in [-0.15, -0.1) is 0 Å². The highest BCUT2D eigenvalue weighted by atomic mass is 16.3. The lowest BCUT2D eigenvalue weighted by Gasteiger charge is -2.23. The zero-order valence-electron chi connectivity index (χ0n) is 9.33. The Balaban J connectivity index is 0.000000671. The number of hydrogen-bond acceptors (Lipinski definition) is 3. The first-order valence-electron chi connectivity index (χ1n) is 4.99. The third kappa shape index (κ3) is 3.36. The van der Waals surface area contributed by atoms with Crippen molar-refractivity contribution >= 4 is 0 Å². The molecule has 2 N–H and O–H groups in total. The molecule has 3 nitrogen and oxygen atoms in total. The molecule has 13 heavy (non-hydrogen) atoms. The summed E-state index contributed by atoms with van der Waals surface area (Å²) in [5, 5.41) is 10.8. The van der Waals surface area contributed by atoms with Crippen LogP contribution in [0, 0.1) is 0 Å². The van der Waals surface area contributed by atoms with E-state index in [0.29, 0.717) is 6.04 Å². The quantitative estimate of drug-likeness (QED) is 0.686. The Labute approximate surface area is 81.4 Å². The number of aliphatic hydroxyl groups is 1. The van der Waals surface area contributed by atoms with E-state index in [4.69, 9.17) is 5.11 Å². The molecule has 1 heterocycles. The number of nitrogens with zero attached hydrogens (tertiary/aromatic N) is 1. The summed E-state index contributed by atoms with van der Waals surface area (Å²) < 4.78 is 0. The van der Waals surface area contributed by atoms with Crippen LogP contribution in [0.1, 0.15) is 34.6 Å². The van der Waals surface area contributed by atoms with Crippen LogP contribution in [0.15, 0.2) is 11.8 Å². The van der Waals surface area contributed by atoms with Crippen molar-refractivity contribution in [1.82, 2.24) is 10.4 Å². The normalized spacial score (nSPS) is 23.4. The summed E-state index contributed by atoms with van der Waals surface area (Å²) in [6, 6.07) is 0.568. The van der Waals surface area contributed by atoms with E-state index in [0.717, 1.165) is 0 Å². The molecule has 0 aromatic carbocycles. The molecular formula is C10H22N2O. The monoisotopic (exact) mass is 186 g/mol. The summed E-state index contributed by atoms with van der Waals surface area (Å²) in [6.45, 7) is 10.4. The van der Waals surface area contributed by atoms with Crippen LogP contribution in [0.5, 0.6) is 0 Å². The summed E-state index contributed by atoms with van der Waals surface area (Å²) in [4.78, 5) is 0.